The van der Waals surface area contributed by atoms with Crippen LogP contribution < -0.4 is 23.8 Å². The van der Waals surface area contributed by atoms with Gasteiger partial charge in [-0.05, 0) is 67.3 Å². The summed E-state index contributed by atoms with van der Waals surface area (Å²) in [6.45, 7) is 2.52. The number of nitrogens with zero attached hydrogens (tertiary/aromatic N) is 1. The zero-order chi connectivity index (χ0) is 27.5. The Morgan fingerprint density at radius 1 is 0.947 bits per heavy atom. The second-order valence-corrected chi connectivity index (χ2v) is 10.3. The largest absolute Gasteiger partial charge is 0.493 e. The van der Waals surface area contributed by atoms with Crippen molar-refractivity contribution in [3.8, 4) is 17.2 Å². The Balaban J connectivity index is 1.73. The number of hydrogen-bond acceptors (Lipinski definition) is 6. The molecule has 0 radical (unpaired) electrons. The van der Waals surface area contributed by atoms with Gasteiger partial charge in [0.05, 0.1) is 31.4 Å². The summed E-state index contributed by atoms with van der Waals surface area (Å²) in [5.74, 6) is 0.391. The summed E-state index contributed by atoms with van der Waals surface area (Å²) in [5, 5.41) is 2.79. The molecule has 1 N–H and O–H groups in total. The van der Waals surface area contributed by atoms with Crippen LogP contribution in [0.1, 0.15) is 25.3 Å². The third-order valence-corrected chi connectivity index (χ3v) is 7.49. The Kier molecular flexibility index (Phi) is 10.3. The van der Waals surface area contributed by atoms with Crippen molar-refractivity contribution in [3.05, 3.63) is 78.1 Å². The highest BCUT2D eigenvalue weighted by molar-refractivity contribution is 7.92. The first-order valence-corrected chi connectivity index (χ1v) is 13.7. The fourth-order valence-corrected chi connectivity index (χ4v) is 5.22. The topological polar surface area (TPSA) is 94.2 Å². The number of halogens is 1. The molecule has 0 atom stereocenters. The van der Waals surface area contributed by atoms with Gasteiger partial charge in [-0.3, -0.25) is 9.10 Å². The number of aryl methyl sites for hydroxylation is 1. The molecule has 0 unspecified atom stereocenters. The van der Waals surface area contributed by atoms with Gasteiger partial charge in [0, 0.05) is 12.6 Å². The molecule has 0 aromatic heterocycles. The summed E-state index contributed by atoms with van der Waals surface area (Å²) in [7, 11) is -1.37. The van der Waals surface area contributed by atoms with Crippen LogP contribution in [0.4, 0.5) is 10.1 Å². The monoisotopic (exact) mass is 544 g/mol. The second kappa shape index (κ2) is 13.7. The number of rotatable bonds is 14. The molecule has 8 nitrogen and oxygen atoms in total. The Labute approximate surface area is 223 Å². The molecule has 3 rings (SSSR count). The quantitative estimate of drug-likeness (QED) is 0.299. The highest BCUT2D eigenvalue weighted by atomic mass is 32.2. The smallest absolute Gasteiger partial charge is 0.264 e. The van der Waals surface area contributed by atoms with Crippen LogP contribution in [0.15, 0.2) is 71.6 Å². The first-order valence-electron chi connectivity index (χ1n) is 12.3. The van der Waals surface area contributed by atoms with Gasteiger partial charge in [0.1, 0.15) is 18.1 Å². The number of methoxy groups -OCH3 is 2. The van der Waals surface area contributed by atoms with Gasteiger partial charge < -0.3 is 19.5 Å². The zero-order valence-corrected chi connectivity index (χ0v) is 22.6. The van der Waals surface area contributed by atoms with Crippen LogP contribution in [0.25, 0.3) is 0 Å². The maximum absolute atomic E-state index is 13.6. The minimum Gasteiger partial charge on any atom is -0.493 e. The fourth-order valence-electron chi connectivity index (χ4n) is 3.78. The number of nitrogens with one attached hydrogen (secondary N) is 1. The molecule has 3 aromatic carbocycles. The summed E-state index contributed by atoms with van der Waals surface area (Å²) in [4.78, 5) is 12.8. The predicted octanol–water partition coefficient (Wildman–Crippen LogP) is 4.58. The molecule has 0 aliphatic heterocycles. The Hall–Kier alpha value is -3.79. The van der Waals surface area contributed by atoms with Crippen molar-refractivity contribution < 1.29 is 31.8 Å². The first kappa shape index (κ1) is 28.8. The van der Waals surface area contributed by atoms with Crippen LogP contribution in [0.2, 0.25) is 0 Å². The minimum absolute atomic E-state index is 0.101. The lowest BCUT2D eigenvalue weighted by molar-refractivity contribution is -0.119. The van der Waals surface area contributed by atoms with Gasteiger partial charge in [0.15, 0.2) is 11.5 Å². The van der Waals surface area contributed by atoms with Crippen molar-refractivity contribution in [2.24, 2.45) is 0 Å². The maximum Gasteiger partial charge on any atom is 0.264 e. The lowest BCUT2D eigenvalue weighted by Gasteiger charge is -2.24. The summed E-state index contributed by atoms with van der Waals surface area (Å²) < 4.78 is 57.9. The van der Waals surface area contributed by atoms with E-state index in [4.69, 9.17) is 14.2 Å². The number of carbonyl (C=O) groups excluding carboxylic acids is 1. The van der Waals surface area contributed by atoms with E-state index < -0.39 is 28.3 Å². The highest BCUT2D eigenvalue weighted by Crippen LogP contribution is 2.32. The number of para-hydroxylation sites is 1. The molecular formula is C28H33FN2O6S. The molecule has 38 heavy (non-hydrogen) atoms. The van der Waals surface area contributed by atoms with Crippen molar-refractivity contribution in [1.82, 2.24) is 5.32 Å². The van der Waals surface area contributed by atoms with Crippen LogP contribution in [-0.2, 0) is 21.2 Å². The fraction of sp³-hybridized carbons (Fsp3) is 0.321. The van der Waals surface area contributed by atoms with Gasteiger partial charge >= 0.3 is 0 Å². The number of hydrogen-bond donors (Lipinski definition) is 1. The number of sulfonamides is 1. The molecule has 204 valence electrons. The summed E-state index contributed by atoms with van der Waals surface area (Å²) >= 11 is 0. The van der Waals surface area contributed by atoms with Crippen LogP contribution in [0.3, 0.4) is 0 Å². The predicted molar refractivity (Wildman–Crippen MR) is 144 cm³/mol. The van der Waals surface area contributed by atoms with Gasteiger partial charge in [-0.2, -0.15) is 0 Å². The van der Waals surface area contributed by atoms with E-state index in [0.29, 0.717) is 31.7 Å². The third kappa shape index (κ3) is 7.38. The highest BCUT2D eigenvalue weighted by Gasteiger charge is 2.28. The van der Waals surface area contributed by atoms with Gasteiger partial charge in [-0.15, -0.1) is 0 Å². The van der Waals surface area contributed by atoms with Crippen LogP contribution in [0.5, 0.6) is 17.2 Å². The van der Waals surface area contributed by atoms with E-state index in [9.17, 15) is 17.6 Å². The summed E-state index contributed by atoms with van der Waals surface area (Å²) in [5.41, 5.74) is 1.19. The molecule has 0 aliphatic rings. The van der Waals surface area contributed by atoms with Gasteiger partial charge in [-0.25, -0.2) is 12.8 Å². The van der Waals surface area contributed by atoms with E-state index in [2.05, 4.69) is 5.32 Å². The van der Waals surface area contributed by atoms with Crippen LogP contribution in [0, 0.1) is 5.82 Å². The average molecular weight is 545 g/mol. The van der Waals surface area contributed by atoms with Crippen LogP contribution >= 0.6 is 0 Å². The number of anilines is 1. The maximum atomic E-state index is 13.6. The molecule has 0 saturated carbocycles. The van der Waals surface area contributed by atoms with Crippen LogP contribution in [-0.4, -0.2) is 48.2 Å². The third-order valence-electron chi connectivity index (χ3n) is 5.72. The van der Waals surface area contributed by atoms with Crippen molar-refractivity contribution in [2.45, 2.75) is 31.1 Å². The van der Waals surface area contributed by atoms with E-state index in [0.717, 1.165) is 34.2 Å². The molecule has 1 amide bonds. The van der Waals surface area contributed by atoms with E-state index in [1.165, 1.54) is 44.6 Å². The number of benzene rings is 3. The van der Waals surface area contributed by atoms with Crippen molar-refractivity contribution >= 4 is 21.6 Å². The van der Waals surface area contributed by atoms with E-state index >= 15 is 0 Å². The van der Waals surface area contributed by atoms with Crippen molar-refractivity contribution in [2.75, 3.05) is 38.2 Å². The average Bonchev–Trinajstić information content (AvgIpc) is 2.93. The normalized spacial score (nSPS) is 11.1. The van der Waals surface area contributed by atoms with E-state index in [1.54, 1.807) is 0 Å². The molecule has 10 heteroatoms. The molecule has 0 bridgehead atoms. The van der Waals surface area contributed by atoms with Gasteiger partial charge in [-0.1, -0.05) is 25.1 Å². The van der Waals surface area contributed by atoms with E-state index in [-0.39, 0.29) is 16.3 Å². The molecule has 0 saturated heterocycles. The Bertz CT molecular complexity index is 1320. The molecule has 0 spiro atoms. The molecular weight excluding hydrogens is 511 g/mol. The molecule has 0 heterocycles. The van der Waals surface area contributed by atoms with Gasteiger partial charge in [0.2, 0.25) is 5.91 Å². The SMILES string of the molecule is CCCOc1ccccc1CCCNC(=O)CN(c1ccc(F)cc1)S(=O)(=O)c1ccc(OC)c(OC)c1. The summed E-state index contributed by atoms with van der Waals surface area (Å²) in [6, 6.07) is 16.8. The molecule has 0 fully saturated rings. The molecule has 0 aliphatic carbocycles. The Morgan fingerprint density at radius 3 is 2.34 bits per heavy atom. The Morgan fingerprint density at radius 2 is 1.66 bits per heavy atom. The first-order chi connectivity index (χ1) is 18.3. The van der Waals surface area contributed by atoms with Gasteiger partial charge in [0.25, 0.3) is 10.0 Å². The lowest BCUT2D eigenvalue weighted by atomic mass is 10.1. The van der Waals surface area contributed by atoms with Crippen molar-refractivity contribution in [3.63, 3.8) is 0 Å². The minimum atomic E-state index is -4.21. The zero-order valence-electron chi connectivity index (χ0n) is 21.8. The second-order valence-electron chi connectivity index (χ2n) is 8.41. The number of carbonyl (C=O) groups is 1. The summed E-state index contributed by atoms with van der Waals surface area (Å²) in [6.07, 6.45) is 2.23. The number of amides is 1. The van der Waals surface area contributed by atoms with E-state index in [1.807, 2.05) is 31.2 Å². The molecule has 3 aromatic rings. The number of ether oxygens (including phenoxy) is 3. The lowest BCUT2D eigenvalue weighted by Crippen LogP contribution is -2.41. The standard InChI is InChI=1S/C28H33FN2O6S/c1-4-18-37-25-10-6-5-8-21(25)9-7-17-30-28(32)20-31(23-13-11-22(29)12-14-23)38(33,34)24-15-16-26(35-2)27(19-24)36-3/h5-6,8,10-16,19H,4,7,9,17-18,20H2,1-3H3,(H,30,32). The van der Waals surface area contributed by atoms with Crippen molar-refractivity contribution in [1.29, 1.82) is 0 Å².